The predicted molar refractivity (Wildman–Crippen MR) is 61.1 cm³/mol. The largest absolute Gasteiger partial charge is 0.466 e. The summed E-state index contributed by atoms with van der Waals surface area (Å²) in [5.41, 5.74) is 5.81. The molecule has 1 aromatic rings. The maximum absolute atomic E-state index is 10.8. The molecule has 1 rings (SSSR count). The molecule has 0 aliphatic carbocycles. The third-order valence-electron chi connectivity index (χ3n) is 2.12. The third kappa shape index (κ3) is 5.01. The lowest BCUT2D eigenvalue weighted by atomic mass is 10.1. The van der Waals surface area contributed by atoms with Crippen molar-refractivity contribution >= 4 is 12.1 Å². The van der Waals surface area contributed by atoms with Gasteiger partial charge in [-0.3, -0.25) is 4.79 Å². The van der Waals surface area contributed by atoms with Crippen LogP contribution >= 0.6 is 0 Å². The molecule has 0 saturated heterocycles. The molecule has 0 aliphatic heterocycles. The second-order valence-corrected chi connectivity index (χ2v) is 3.46. The van der Waals surface area contributed by atoms with Gasteiger partial charge in [0.15, 0.2) is 0 Å². The van der Waals surface area contributed by atoms with Gasteiger partial charge in [-0.15, -0.1) is 0 Å². The highest BCUT2D eigenvalue weighted by atomic mass is 16.6. The van der Waals surface area contributed by atoms with E-state index in [4.69, 9.17) is 15.2 Å². The van der Waals surface area contributed by atoms with Crippen LogP contribution in [0.25, 0.3) is 0 Å². The van der Waals surface area contributed by atoms with Gasteiger partial charge in [0, 0.05) is 13.3 Å². The molecule has 0 aliphatic rings. The topological polar surface area (TPSA) is 78.6 Å². The van der Waals surface area contributed by atoms with Crippen LogP contribution < -0.4 is 5.73 Å². The van der Waals surface area contributed by atoms with Crippen molar-refractivity contribution in [3.05, 3.63) is 35.9 Å². The lowest BCUT2D eigenvalue weighted by Gasteiger charge is -2.16. The van der Waals surface area contributed by atoms with Gasteiger partial charge in [0.25, 0.3) is 0 Å². The maximum atomic E-state index is 10.8. The first-order valence-electron chi connectivity index (χ1n) is 5.24. The third-order valence-corrected chi connectivity index (χ3v) is 2.12. The van der Waals surface area contributed by atoms with Gasteiger partial charge in [-0.05, 0) is 5.56 Å². The molecule has 92 valence electrons. The summed E-state index contributed by atoms with van der Waals surface area (Å²) < 4.78 is 9.77. The molecule has 0 fully saturated rings. The minimum Gasteiger partial charge on any atom is -0.466 e. The summed E-state index contributed by atoms with van der Waals surface area (Å²) in [5, 5.41) is 0. The number of nitrogens with two attached hydrogens (primary N) is 1. The molecule has 5 nitrogen and oxygen atoms in total. The van der Waals surface area contributed by atoms with Crippen molar-refractivity contribution in [2.75, 3.05) is 6.61 Å². The Labute approximate surface area is 99.5 Å². The van der Waals surface area contributed by atoms with Crippen LogP contribution in [-0.2, 0) is 14.3 Å². The SMILES string of the molecule is CC(=O)OCC[C@H](OC(N)=O)c1ccccc1. The first-order valence-corrected chi connectivity index (χ1v) is 5.24. The molecular weight excluding hydrogens is 222 g/mol. The van der Waals surface area contributed by atoms with Crippen LogP contribution in [0.1, 0.15) is 25.0 Å². The number of amides is 1. The van der Waals surface area contributed by atoms with Crippen molar-refractivity contribution < 1.29 is 19.1 Å². The van der Waals surface area contributed by atoms with Crippen molar-refractivity contribution in [1.29, 1.82) is 0 Å². The smallest absolute Gasteiger partial charge is 0.405 e. The molecule has 0 radical (unpaired) electrons. The molecule has 0 unspecified atom stereocenters. The Bertz CT molecular complexity index is 377. The Morgan fingerprint density at radius 3 is 2.47 bits per heavy atom. The fourth-order valence-electron chi connectivity index (χ4n) is 1.41. The summed E-state index contributed by atoms with van der Waals surface area (Å²) in [6.07, 6.45) is -0.957. The molecule has 0 bridgehead atoms. The standard InChI is InChI=1S/C12H15NO4/c1-9(14)16-8-7-11(17-12(13)15)10-5-3-2-4-6-10/h2-6,11H,7-8H2,1H3,(H2,13,15)/t11-/m0/s1. The van der Waals surface area contributed by atoms with Crippen molar-refractivity contribution in [1.82, 2.24) is 0 Å². The Balaban J connectivity index is 2.61. The maximum Gasteiger partial charge on any atom is 0.405 e. The van der Waals surface area contributed by atoms with E-state index in [9.17, 15) is 9.59 Å². The second kappa shape index (κ2) is 6.52. The number of benzene rings is 1. The molecule has 1 amide bonds. The Morgan fingerprint density at radius 2 is 1.94 bits per heavy atom. The second-order valence-electron chi connectivity index (χ2n) is 3.46. The van der Waals surface area contributed by atoms with Gasteiger partial charge in [-0.2, -0.15) is 0 Å². The Hall–Kier alpha value is -2.04. The van der Waals surface area contributed by atoms with E-state index in [0.29, 0.717) is 6.42 Å². The molecule has 0 aromatic heterocycles. The average Bonchev–Trinajstić information content (AvgIpc) is 2.28. The molecule has 0 heterocycles. The molecule has 2 N–H and O–H groups in total. The normalized spacial score (nSPS) is 11.6. The van der Waals surface area contributed by atoms with E-state index in [1.165, 1.54) is 6.92 Å². The van der Waals surface area contributed by atoms with E-state index < -0.39 is 12.2 Å². The zero-order chi connectivity index (χ0) is 12.7. The zero-order valence-corrected chi connectivity index (χ0v) is 9.59. The monoisotopic (exact) mass is 237 g/mol. The minimum atomic E-state index is -0.846. The summed E-state index contributed by atoms with van der Waals surface area (Å²) in [7, 11) is 0. The number of primary amides is 1. The molecule has 17 heavy (non-hydrogen) atoms. The van der Waals surface area contributed by atoms with Crippen LogP contribution in [0, 0.1) is 0 Å². The summed E-state index contributed by atoms with van der Waals surface area (Å²) in [6, 6.07) is 9.16. The highest BCUT2D eigenvalue weighted by molar-refractivity contribution is 5.66. The summed E-state index contributed by atoms with van der Waals surface area (Å²) >= 11 is 0. The summed E-state index contributed by atoms with van der Waals surface area (Å²) in [5.74, 6) is -0.365. The van der Waals surface area contributed by atoms with Gasteiger partial charge in [-0.1, -0.05) is 30.3 Å². The van der Waals surface area contributed by atoms with Crippen molar-refractivity contribution in [3.8, 4) is 0 Å². The number of ether oxygens (including phenoxy) is 2. The Morgan fingerprint density at radius 1 is 1.29 bits per heavy atom. The fraction of sp³-hybridized carbons (Fsp3) is 0.333. The van der Waals surface area contributed by atoms with Gasteiger partial charge < -0.3 is 15.2 Å². The minimum absolute atomic E-state index is 0.183. The van der Waals surface area contributed by atoms with Crippen molar-refractivity contribution in [2.45, 2.75) is 19.4 Å². The van der Waals surface area contributed by atoms with Crippen molar-refractivity contribution in [2.24, 2.45) is 5.73 Å². The first-order chi connectivity index (χ1) is 8.09. The van der Waals surface area contributed by atoms with Gasteiger partial charge in [0.05, 0.1) is 6.61 Å². The van der Waals surface area contributed by atoms with Gasteiger partial charge >= 0.3 is 12.1 Å². The number of hydrogen-bond acceptors (Lipinski definition) is 4. The molecular formula is C12H15NO4. The van der Waals surface area contributed by atoms with E-state index in [1.54, 1.807) is 0 Å². The van der Waals surface area contributed by atoms with Gasteiger partial charge in [0.2, 0.25) is 0 Å². The van der Waals surface area contributed by atoms with Gasteiger partial charge in [0.1, 0.15) is 6.10 Å². The van der Waals surface area contributed by atoms with Crippen LogP contribution in [0.15, 0.2) is 30.3 Å². The molecule has 0 spiro atoms. The highest BCUT2D eigenvalue weighted by Gasteiger charge is 2.15. The zero-order valence-electron chi connectivity index (χ0n) is 9.59. The van der Waals surface area contributed by atoms with E-state index in [2.05, 4.69) is 0 Å². The summed E-state index contributed by atoms with van der Waals surface area (Å²) in [6.45, 7) is 1.51. The molecule has 1 atom stereocenters. The average molecular weight is 237 g/mol. The van der Waals surface area contributed by atoms with Crippen LogP contribution in [0.5, 0.6) is 0 Å². The molecule has 0 saturated carbocycles. The number of hydrogen-bond donors (Lipinski definition) is 1. The van der Waals surface area contributed by atoms with E-state index in [0.717, 1.165) is 5.56 Å². The van der Waals surface area contributed by atoms with Crippen LogP contribution in [0.2, 0.25) is 0 Å². The fourth-order valence-corrected chi connectivity index (χ4v) is 1.41. The first kappa shape index (κ1) is 13.0. The number of carbonyl (C=O) groups excluding carboxylic acids is 2. The van der Waals surface area contributed by atoms with Crippen LogP contribution in [0.3, 0.4) is 0 Å². The van der Waals surface area contributed by atoms with E-state index in [-0.39, 0.29) is 12.6 Å². The predicted octanol–water partition coefficient (Wildman–Crippen LogP) is 1.78. The number of carbonyl (C=O) groups is 2. The van der Waals surface area contributed by atoms with E-state index >= 15 is 0 Å². The lowest BCUT2D eigenvalue weighted by Crippen LogP contribution is -2.19. The number of rotatable bonds is 5. The molecule has 1 aromatic carbocycles. The lowest BCUT2D eigenvalue weighted by molar-refractivity contribution is -0.141. The molecule has 5 heteroatoms. The van der Waals surface area contributed by atoms with E-state index in [1.807, 2.05) is 30.3 Å². The highest BCUT2D eigenvalue weighted by Crippen LogP contribution is 2.20. The number of esters is 1. The Kier molecular flexibility index (Phi) is 5.00. The van der Waals surface area contributed by atoms with Crippen LogP contribution in [0.4, 0.5) is 4.79 Å². The van der Waals surface area contributed by atoms with Crippen molar-refractivity contribution in [3.63, 3.8) is 0 Å². The summed E-state index contributed by atoms with van der Waals surface area (Å²) in [4.78, 5) is 21.4. The van der Waals surface area contributed by atoms with Crippen LogP contribution in [-0.4, -0.2) is 18.7 Å². The quantitative estimate of drug-likeness (QED) is 0.791. The van der Waals surface area contributed by atoms with Gasteiger partial charge in [-0.25, -0.2) is 4.79 Å².